The van der Waals surface area contributed by atoms with Gasteiger partial charge in [0, 0.05) is 17.6 Å². The molecular formula is C16H18ClN3O2S. The van der Waals surface area contributed by atoms with Crippen molar-refractivity contribution in [1.82, 2.24) is 9.88 Å². The average molecular weight is 352 g/mol. The molecule has 0 unspecified atom stereocenters. The molecule has 3 rings (SSSR count). The van der Waals surface area contributed by atoms with Crippen molar-refractivity contribution in [2.75, 3.05) is 32.1 Å². The summed E-state index contributed by atoms with van der Waals surface area (Å²) in [4.78, 5) is 22.4. The number of hydrogen-bond donors (Lipinski definition) is 0. The van der Waals surface area contributed by atoms with E-state index >= 15 is 0 Å². The molecule has 122 valence electrons. The molecule has 0 radical (unpaired) electrons. The van der Waals surface area contributed by atoms with Crippen LogP contribution in [0.5, 0.6) is 0 Å². The molecule has 0 saturated carbocycles. The minimum Gasteiger partial charge on any atom is -0.448 e. The lowest BCUT2D eigenvalue weighted by molar-refractivity contribution is 0.146. The summed E-state index contributed by atoms with van der Waals surface area (Å²) in [6, 6.07) is 11.6. The summed E-state index contributed by atoms with van der Waals surface area (Å²) in [6.07, 6.45) is 1.29. The van der Waals surface area contributed by atoms with Crippen molar-refractivity contribution < 1.29 is 9.53 Å². The van der Waals surface area contributed by atoms with Crippen LogP contribution in [0.2, 0.25) is 0 Å². The molecule has 1 aromatic heterocycles. The van der Waals surface area contributed by atoms with E-state index < -0.39 is 6.09 Å². The van der Waals surface area contributed by atoms with Gasteiger partial charge in [0.15, 0.2) is 5.82 Å². The van der Waals surface area contributed by atoms with Crippen molar-refractivity contribution in [3.05, 3.63) is 42.6 Å². The zero-order valence-electron chi connectivity index (χ0n) is 12.9. The second-order valence-electron chi connectivity index (χ2n) is 5.15. The molecule has 1 aromatic carbocycles. The number of nitrogens with zero attached hydrogens (tertiary/aromatic N) is 3. The maximum Gasteiger partial charge on any atom is 0.420 e. The van der Waals surface area contributed by atoms with Crippen LogP contribution in [0.1, 0.15) is 0 Å². The predicted molar refractivity (Wildman–Crippen MR) is 94.1 cm³/mol. The Morgan fingerprint density at radius 2 is 1.96 bits per heavy atom. The Morgan fingerprint density at radius 1 is 1.22 bits per heavy atom. The fourth-order valence-corrected chi connectivity index (χ4v) is 3.18. The number of aromatic nitrogens is 1. The molecule has 1 amide bonds. The number of rotatable bonds is 3. The van der Waals surface area contributed by atoms with E-state index in [-0.39, 0.29) is 12.4 Å². The Bertz CT molecular complexity index is 651. The van der Waals surface area contributed by atoms with E-state index in [1.807, 2.05) is 55.4 Å². The number of para-hydroxylation sites is 1. The third kappa shape index (κ3) is 3.77. The van der Waals surface area contributed by atoms with Crippen LogP contribution < -0.4 is 4.90 Å². The van der Waals surface area contributed by atoms with Gasteiger partial charge in [-0.3, -0.25) is 0 Å². The molecule has 1 aliphatic rings. The second-order valence-corrected chi connectivity index (χ2v) is 6.23. The van der Waals surface area contributed by atoms with Crippen LogP contribution in [0, 0.1) is 0 Å². The molecule has 0 N–H and O–H groups in total. The van der Waals surface area contributed by atoms with E-state index in [9.17, 15) is 4.79 Å². The van der Waals surface area contributed by atoms with Crippen molar-refractivity contribution in [1.29, 1.82) is 0 Å². The van der Waals surface area contributed by atoms with Crippen LogP contribution in [0.4, 0.5) is 16.3 Å². The van der Waals surface area contributed by atoms with E-state index in [1.54, 1.807) is 22.9 Å². The largest absolute Gasteiger partial charge is 0.448 e. The number of ether oxygens (including phenoxy) is 1. The lowest BCUT2D eigenvalue weighted by atomic mass is 10.2. The number of likely N-dealkylation sites (N-methyl/N-ethyl adjacent to an activating group) is 1. The topological polar surface area (TPSA) is 45.7 Å². The van der Waals surface area contributed by atoms with Gasteiger partial charge in [-0.15, -0.1) is 12.4 Å². The summed E-state index contributed by atoms with van der Waals surface area (Å²) < 4.78 is 5.40. The Balaban J connectivity index is 0.00000192. The Labute approximate surface area is 146 Å². The zero-order chi connectivity index (χ0) is 15.5. The van der Waals surface area contributed by atoms with Crippen LogP contribution in [-0.2, 0) is 4.74 Å². The van der Waals surface area contributed by atoms with Crippen LogP contribution in [0.25, 0.3) is 0 Å². The van der Waals surface area contributed by atoms with Gasteiger partial charge in [-0.2, -0.15) is 0 Å². The third-order valence-corrected chi connectivity index (χ3v) is 4.34. The average Bonchev–Trinajstić information content (AvgIpc) is 2.52. The minimum absolute atomic E-state index is 0. The highest BCUT2D eigenvalue weighted by Gasteiger charge is 2.30. The predicted octanol–water partition coefficient (Wildman–Crippen LogP) is 3.80. The first kappa shape index (κ1) is 17.6. The summed E-state index contributed by atoms with van der Waals surface area (Å²) in [6.45, 7) is 1.03. The van der Waals surface area contributed by atoms with Crippen LogP contribution >= 0.6 is 24.2 Å². The van der Waals surface area contributed by atoms with Crippen molar-refractivity contribution in [3.63, 3.8) is 0 Å². The van der Waals surface area contributed by atoms with E-state index in [0.29, 0.717) is 19.0 Å². The molecule has 2 heterocycles. The summed E-state index contributed by atoms with van der Waals surface area (Å²) in [5, 5.41) is 0. The quantitative estimate of drug-likeness (QED) is 0.841. The Hall–Kier alpha value is -1.76. The Morgan fingerprint density at radius 3 is 2.74 bits per heavy atom. The molecule has 0 saturated heterocycles. The number of pyridine rings is 1. The maximum atomic E-state index is 12.5. The number of benzene rings is 1. The number of carbonyl (C=O) groups is 1. The molecule has 7 heteroatoms. The fourth-order valence-electron chi connectivity index (χ4n) is 2.16. The first-order chi connectivity index (χ1) is 10.7. The number of halogens is 1. The van der Waals surface area contributed by atoms with Crippen LogP contribution in [0.3, 0.4) is 0 Å². The first-order valence-corrected chi connectivity index (χ1v) is 7.82. The lowest BCUT2D eigenvalue weighted by Crippen LogP contribution is -2.31. The highest BCUT2D eigenvalue weighted by molar-refractivity contribution is 7.99. The van der Waals surface area contributed by atoms with Gasteiger partial charge in [-0.25, -0.2) is 14.7 Å². The van der Waals surface area contributed by atoms with E-state index in [0.717, 1.165) is 15.5 Å². The molecule has 5 nitrogen and oxygen atoms in total. The van der Waals surface area contributed by atoms with Gasteiger partial charge in [-0.05, 0) is 38.4 Å². The second kappa shape index (κ2) is 7.68. The molecule has 0 fully saturated rings. The van der Waals surface area contributed by atoms with Gasteiger partial charge in [0.1, 0.15) is 6.61 Å². The third-order valence-electron chi connectivity index (χ3n) is 3.24. The molecular weight excluding hydrogens is 334 g/mol. The van der Waals surface area contributed by atoms with Gasteiger partial charge in [0.05, 0.1) is 10.6 Å². The highest BCUT2D eigenvalue weighted by atomic mass is 35.5. The summed E-state index contributed by atoms with van der Waals surface area (Å²) in [5.74, 6) is 0.626. The monoisotopic (exact) mass is 351 g/mol. The van der Waals surface area contributed by atoms with Crippen molar-refractivity contribution in [3.8, 4) is 0 Å². The number of hydrogen-bond acceptors (Lipinski definition) is 5. The molecule has 0 bridgehead atoms. The number of anilines is 2. The zero-order valence-corrected chi connectivity index (χ0v) is 14.6. The number of fused-ring (bicyclic) bond motifs is 2. The molecule has 0 aliphatic carbocycles. The molecule has 1 aliphatic heterocycles. The smallest absolute Gasteiger partial charge is 0.420 e. The summed E-state index contributed by atoms with van der Waals surface area (Å²) >= 11 is 1.61. The number of amides is 1. The van der Waals surface area contributed by atoms with E-state index in [2.05, 4.69) is 4.98 Å². The summed E-state index contributed by atoms with van der Waals surface area (Å²) in [5.41, 5.74) is 0.813. The number of carbonyl (C=O) groups excluding carboxylic acids is 1. The Kier molecular flexibility index (Phi) is 5.87. The maximum absolute atomic E-state index is 12.5. The van der Waals surface area contributed by atoms with Gasteiger partial charge < -0.3 is 9.64 Å². The minimum atomic E-state index is -0.394. The van der Waals surface area contributed by atoms with Crippen molar-refractivity contribution in [2.45, 2.75) is 9.79 Å². The molecule has 23 heavy (non-hydrogen) atoms. The van der Waals surface area contributed by atoms with Crippen LogP contribution in [-0.4, -0.2) is 43.2 Å². The van der Waals surface area contributed by atoms with E-state index in [1.165, 1.54) is 0 Å². The normalized spacial score (nSPS) is 12.2. The SMILES string of the molecule is CN(C)CCOC(=O)N1c2ccccc2Sc2cccnc21.Cl. The fraction of sp³-hybridized carbons (Fsp3) is 0.250. The molecule has 0 spiro atoms. The standard InChI is InChI=1S/C16H17N3O2S.ClH/c1-18(2)10-11-21-16(20)19-12-6-3-4-7-13(12)22-14-8-5-9-17-15(14)19;/h3-9H,10-11H2,1-2H3;1H. The van der Waals surface area contributed by atoms with Crippen molar-refractivity contribution in [2.24, 2.45) is 0 Å². The lowest BCUT2D eigenvalue weighted by Gasteiger charge is -2.29. The van der Waals surface area contributed by atoms with Crippen molar-refractivity contribution >= 4 is 41.8 Å². The van der Waals surface area contributed by atoms with Gasteiger partial charge >= 0.3 is 6.09 Å². The first-order valence-electron chi connectivity index (χ1n) is 7.00. The van der Waals surface area contributed by atoms with Gasteiger partial charge in [-0.1, -0.05) is 23.9 Å². The van der Waals surface area contributed by atoms with Crippen LogP contribution in [0.15, 0.2) is 52.4 Å². The summed E-state index contributed by atoms with van der Waals surface area (Å²) in [7, 11) is 3.88. The van der Waals surface area contributed by atoms with E-state index in [4.69, 9.17) is 4.74 Å². The molecule has 2 aromatic rings. The highest BCUT2D eigenvalue weighted by Crippen LogP contribution is 2.46. The van der Waals surface area contributed by atoms with Gasteiger partial charge in [0.2, 0.25) is 0 Å². The molecule has 0 atom stereocenters. The van der Waals surface area contributed by atoms with Gasteiger partial charge in [0.25, 0.3) is 0 Å².